The summed E-state index contributed by atoms with van der Waals surface area (Å²) in [7, 11) is 1.32. The van der Waals surface area contributed by atoms with Gasteiger partial charge in [-0.25, -0.2) is 14.2 Å². The molecule has 1 N–H and O–H groups in total. The third kappa shape index (κ3) is 3.98. The molecule has 1 aromatic carbocycles. The highest BCUT2D eigenvalue weighted by Crippen LogP contribution is 2.47. The van der Waals surface area contributed by atoms with E-state index in [1.807, 2.05) is 17.2 Å². The highest BCUT2D eigenvalue weighted by Gasteiger charge is 2.43. The molecule has 4 atom stereocenters. The number of ether oxygens (including phenoxy) is 1. The van der Waals surface area contributed by atoms with Gasteiger partial charge in [-0.3, -0.25) is 4.79 Å². The summed E-state index contributed by atoms with van der Waals surface area (Å²) >= 11 is 1.40. The van der Waals surface area contributed by atoms with Crippen LogP contribution in [0.5, 0.6) is 0 Å². The predicted molar refractivity (Wildman–Crippen MR) is 125 cm³/mol. The van der Waals surface area contributed by atoms with Gasteiger partial charge in [-0.15, -0.1) is 0 Å². The van der Waals surface area contributed by atoms with E-state index in [1.165, 1.54) is 44.2 Å². The number of halogens is 1. The Hall–Kier alpha value is -2.61. The zero-order valence-electron chi connectivity index (χ0n) is 18.8. The number of rotatable bonds is 6. The lowest BCUT2D eigenvalue weighted by Gasteiger charge is -2.36. The van der Waals surface area contributed by atoms with Crippen LogP contribution in [0.2, 0.25) is 0 Å². The Balaban J connectivity index is 1.45. The second-order valence-electron chi connectivity index (χ2n) is 9.15. The second-order valence-corrected chi connectivity index (χ2v) is 9.98. The first-order valence-corrected chi connectivity index (χ1v) is 12.5. The molecular formula is C25H28FN3O3S. The molecule has 1 aromatic rings. The third-order valence-corrected chi connectivity index (χ3v) is 8.14. The van der Waals surface area contributed by atoms with Gasteiger partial charge in [-0.05, 0) is 49.0 Å². The smallest absolute Gasteiger partial charge is 0.338 e. The highest BCUT2D eigenvalue weighted by atomic mass is 32.2. The van der Waals surface area contributed by atoms with E-state index in [9.17, 15) is 9.59 Å². The van der Waals surface area contributed by atoms with Crippen LogP contribution in [0.4, 0.5) is 4.39 Å². The maximum Gasteiger partial charge on any atom is 0.338 e. The fourth-order valence-corrected chi connectivity index (χ4v) is 6.68. The van der Waals surface area contributed by atoms with Crippen LogP contribution < -0.4 is 5.32 Å². The van der Waals surface area contributed by atoms with Gasteiger partial charge >= 0.3 is 5.97 Å². The number of nitrogens with zero attached hydrogens (tertiary/aromatic N) is 2. The zero-order valence-corrected chi connectivity index (χ0v) is 19.7. The van der Waals surface area contributed by atoms with Crippen LogP contribution in [0.3, 0.4) is 0 Å². The topological polar surface area (TPSA) is 71.0 Å². The van der Waals surface area contributed by atoms with Crippen LogP contribution in [-0.4, -0.2) is 35.1 Å². The quantitative estimate of drug-likeness (QED) is 0.614. The molecule has 4 aliphatic rings. The number of carbonyl (C=O) groups excluding carboxylic acids is 2. The van der Waals surface area contributed by atoms with Crippen LogP contribution >= 0.6 is 11.8 Å². The number of carbonyl (C=O) groups is 2. The summed E-state index contributed by atoms with van der Waals surface area (Å²) < 4.78 is 20.1. The summed E-state index contributed by atoms with van der Waals surface area (Å²) in [5.74, 6) is 0.338. The van der Waals surface area contributed by atoms with Crippen LogP contribution in [0.25, 0.3) is 0 Å². The van der Waals surface area contributed by atoms with Crippen molar-refractivity contribution >= 4 is 28.8 Å². The Morgan fingerprint density at radius 2 is 2.09 bits per heavy atom. The average molecular weight is 470 g/mol. The number of nitrogens with one attached hydrogen (secondary N) is 1. The van der Waals surface area contributed by atoms with Crippen molar-refractivity contribution in [2.75, 3.05) is 7.11 Å². The molecule has 2 aliphatic heterocycles. The summed E-state index contributed by atoms with van der Waals surface area (Å²) in [6.45, 7) is 1.91. The number of allylic oxidation sites excluding steroid dienone is 1. The van der Waals surface area contributed by atoms with Gasteiger partial charge in [0.25, 0.3) is 0 Å². The first-order chi connectivity index (χ1) is 16.0. The number of esters is 1. The maximum absolute atomic E-state index is 15.0. The fraction of sp³-hybridized carbons (Fsp3) is 0.480. The first kappa shape index (κ1) is 22.2. The lowest BCUT2D eigenvalue weighted by atomic mass is 9.92. The van der Waals surface area contributed by atoms with Crippen molar-refractivity contribution in [3.8, 4) is 0 Å². The van der Waals surface area contributed by atoms with Gasteiger partial charge in [-0.2, -0.15) is 0 Å². The van der Waals surface area contributed by atoms with Crippen molar-refractivity contribution in [2.45, 2.75) is 57.5 Å². The van der Waals surface area contributed by atoms with Gasteiger partial charge in [0.15, 0.2) is 5.17 Å². The van der Waals surface area contributed by atoms with Crippen LogP contribution in [0.15, 0.2) is 51.6 Å². The molecule has 0 radical (unpaired) electrons. The van der Waals surface area contributed by atoms with Crippen molar-refractivity contribution in [2.24, 2.45) is 16.8 Å². The number of thioether (sulfide) groups is 1. The lowest BCUT2D eigenvalue weighted by molar-refractivity contribution is -0.136. The largest absolute Gasteiger partial charge is 0.466 e. The molecule has 0 spiro atoms. The van der Waals surface area contributed by atoms with E-state index in [0.717, 1.165) is 12.3 Å². The van der Waals surface area contributed by atoms with E-state index in [-0.39, 0.29) is 18.4 Å². The minimum atomic E-state index is -0.738. The number of benzene rings is 1. The molecule has 5 rings (SSSR count). The van der Waals surface area contributed by atoms with Crippen molar-refractivity contribution in [1.29, 1.82) is 0 Å². The Morgan fingerprint density at radius 3 is 2.76 bits per heavy atom. The normalized spacial score (nSPS) is 27.9. The van der Waals surface area contributed by atoms with Crippen LogP contribution in [0, 0.1) is 17.7 Å². The summed E-state index contributed by atoms with van der Waals surface area (Å²) in [5, 5.41) is 5.77. The third-order valence-electron chi connectivity index (χ3n) is 7.26. The number of hydrogen-bond donors (Lipinski definition) is 1. The van der Waals surface area contributed by atoms with Gasteiger partial charge in [0, 0.05) is 17.3 Å². The van der Waals surface area contributed by atoms with Gasteiger partial charge < -0.3 is 15.0 Å². The molecule has 2 saturated carbocycles. The molecule has 0 saturated heterocycles. The van der Waals surface area contributed by atoms with Crippen molar-refractivity contribution in [3.63, 3.8) is 0 Å². The SMILES string of the molecule is CCC1=C(C(=O)OC)C(c2ccccc2F)N2C(CC(=O)NC3CC4CCC3C4)=CSC2=N1. The number of methoxy groups -OCH3 is 1. The molecule has 0 aromatic heterocycles. The molecule has 33 heavy (non-hydrogen) atoms. The van der Waals surface area contributed by atoms with E-state index >= 15 is 4.39 Å². The van der Waals surface area contributed by atoms with Gasteiger partial charge in [0.2, 0.25) is 5.91 Å². The maximum atomic E-state index is 15.0. The molecule has 8 heteroatoms. The molecule has 2 bridgehead atoms. The highest BCUT2D eigenvalue weighted by molar-refractivity contribution is 8.16. The first-order valence-electron chi connectivity index (χ1n) is 11.6. The van der Waals surface area contributed by atoms with Crippen LogP contribution in [-0.2, 0) is 14.3 Å². The second kappa shape index (κ2) is 8.97. The van der Waals surface area contributed by atoms with E-state index in [0.29, 0.717) is 40.0 Å². The molecule has 174 valence electrons. The molecule has 2 aliphatic carbocycles. The molecule has 2 heterocycles. The number of hydrogen-bond acceptors (Lipinski definition) is 6. The van der Waals surface area contributed by atoms with E-state index in [4.69, 9.17) is 4.74 Å². The van der Waals surface area contributed by atoms with Crippen molar-refractivity contribution in [3.05, 3.63) is 58.0 Å². The van der Waals surface area contributed by atoms with Crippen molar-refractivity contribution < 1.29 is 18.7 Å². The lowest BCUT2D eigenvalue weighted by Crippen LogP contribution is -2.41. The molecule has 6 nitrogen and oxygen atoms in total. The fourth-order valence-electron chi connectivity index (χ4n) is 5.75. The van der Waals surface area contributed by atoms with Gasteiger partial charge in [0.05, 0.1) is 30.8 Å². The van der Waals surface area contributed by atoms with Gasteiger partial charge in [-0.1, -0.05) is 43.3 Å². The summed E-state index contributed by atoms with van der Waals surface area (Å²) in [5.41, 5.74) is 1.97. The van der Waals surface area contributed by atoms with Crippen LogP contribution in [0.1, 0.15) is 57.1 Å². The van der Waals surface area contributed by atoms with E-state index in [1.54, 1.807) is 18.2 Å². The average Bonchev–Trinajstić information content (AvgIpc) is 3.54. The standard InChI is InChI=1S/C25H28FN3O3S/c1-3-19-22(24(31)32-2)23(17-6-4-5-7-18(17)26)29-16(13-33-25(29)28-19)12-21(30)27-20-11-14-8-9-15(20)10-14/h4-7,13-15,20,23H,3,8-12H2,1-2H3,(H,27,30). The van der Waals surface area contributed by atoms with Gasteiger partial charge in [0.1, 0.15) is 5.82 Å². The minimum Gasteiger partial charge on any atom is -0.466 e. The molecule has 2 fully saturated rings. The Bertz CT molecular complexity index is 1080. The Kier molecular flexibility index (Phi) is 6.03. The summed E-state index contributed by atoms with van der Waals surface area (Å²) in [4.78, 5) is 32.4. The van der Waals surface area contributed by atoms with E-state index < -0.39 is 17.8 Å². The zero-order chi connectivity index (χ0) is 23.1. The summed E-state index contributed by atoms with van der Waals surface area (Å²) in [6.07, 6.45) is 5.41. The minimum absolute atomic E-state index is 0.0437. The Morgan fingerprint density at radius 1 is 1.27 bits per heavy atom. The van der Waals surface area contributed by atoms with Crippen molar-refractivity contribution in [1.82, 2.24) is 10.2 Å². The molecular weight excluding hydrogens is 441 g/mol. The predicted octanol–water partition coefficient (Wildman–Crippen LogP) is 4.66. The number of amidine groups is 1. The number of amides is 1. The number of fused-ring (bicyclic) bond motifs is 3. The van der Waals surface area contributed by atoms with E-state index in [2.05, 4.69) is 10.3 Å². The monoisotopic (exact) mass is 469 g/mol. The summed E-state index contributed by atoms with van der Waals surface area (Å²) in [6, 6.07) is 5.94. The Labute approximate surface area is 197 Å². The molecule has 4 unspecified atom stereocenters. The molecule has 1 amide bonds. The number of aliphatic imine (C=N–C) groups is 1.